The van der Waals surface area contributed by atoms with E-state index in [-0.39, 0.29) is 6.10 Å². The molecule has 1 atom stereocenters. The van der Waals surface area contributed by atoms with Crippen LogP contribution in [0.15, 0.2) is 24.3 Å². The van der Waals surface area contributed by atoms with E-state index in [1.807, 2.05) is 45.2 Å². The van der Waals surface area contributed by atoms with Gasteiger partial charge in [0.25, 0.3) is 0 Å². The molecule has 1 unspecified atom stereocenters. The fraction of sp³-hybridized carbons (Fsp3) is 0.600. The summed E-state index contributed by atoms with van der Waals surface area (Å²) in [4.78, 5) is 2.11. The van der Waals surface area contributed by atoms with Gasteiger partial charge in [0, 0.05) is 18.1 Å². The van der Waals surface area contributed by atoms with Crippen molar-refractivity contribution in [2.75, 3.05) is 26.7 Å². The quantitative estimate of drug-likeness (QED) is 0.797. The molecule has 1 rings (SSSR count). The van der Waals surface area contributed by atoms with Gasteiger partial charge in [-0.1, -0.05) is 23.7 Å². The van der Waals surface area contributed by atoms with E-state index < -0.39 is 6.10 Å². The topological polar surface area (TPSA) is 32.7 Å². The van der Waals surface area contributed by atoms with Gasteiger partial charge in [0.1, 0.15) is 0 Å². The predicted molar refractivity (Wildman–Crippen MR) is 79.7 cm³/mol. The van der Waals surface area contributed by atoms with Crippen molar-refractivity contribution in [1.29, 1.82) is 0 Å². The third-order valence-corrected chi connectivity index (χ3v) is 3.09. The maximum atomic E-state index is 9.82. The highest BCUT2D eigenvalue weighted by Crippen LogP contribution is 2.10. The van der Waals surface area contributed by atoms with Gasteiger partial charge in [-0.25, -0.2) is 0 Å². The molecule has 0 radical (unpaired) electrons. The van der Waals surface area contributed by atoms with Crippen LogP contribution in [0.4, 0.5) is 0 Å². The first-order valence-corrected chi connectivity index (χ1v) is 7.08. The number of nitrogens with zero attached hydrogens (tertiary/aromatic N) is 1. The minimum Gasteiger partial charge on any atom is -0.389 e. The number of likely N-dealkylation sites (N-methyl/N-ethyl adjacent to an activating group) is 1. The van der Waals surface area contributed by atoms with E-state index in [9.17, 15) is 5.11 Å². The van der Waals surface area contributed by atoms with Gasteiger partial charge in [0.15, 0.2) is 0 Å². The SMILES string of the molecule is CC(C)OCC(O)CN(C)CCc1ccc(Cl)cc1. The van der Waals surface area contributed by atoms with Crippen molar-refractivity contribution in [1.82, 2.24) is 4.90 Å². The van der Waals surface area contributed by atoms with E-state index in [1.54, 1.807) is 0 Å². The predicted octanol–water partition coefficient (Wildman–Crippen LogP) is 2.60. The normalized spacial score (nSPS) is 13.2. The summed E-state index contributed by atoms with van der Waals surface area (Å²) in [5, 5.41) is 10.6. The Bertz CT molecular complexity index is 354. The zero-order valence-corrected chi connectivity index (χ0v) is 12.7. The fourth-order valence-electron chi connectivity index (χ4n) is 1.78. The summed E-state index contributed by atoms with van der Waals surface area (Å²) >= 11 is 5.85. The van der Waals surface area contributed by atoms with Crippen LogP contribution >= 0.6 is 11.6 Å². The van der Waals surface area contributed by atoms with E-state index in [2.05, 4.69) is 4.90 Å². The van der Waals surface area contributed by atoms with Crippen molar-refractivity contribution in [3.05, 3.63) is 34.9 Å². The van der Waals surface area contributed by atoms with Gasteiger partial charge >= 0.3 is 0 Å². The molecule has 4 heteroatoms. The van der Waals surface area contributed by atoms with Crippen LogP contribution in [0.2, 0.25) is 5.02 Å². The Balaban J connectivity index is 2.23. The summed E-state index contributed by atoms with van der Waals surface area (Å²) in [5.74, 6) is 0. The highest BCUT2D eigenvalue weighted by atomic mass is 35.5. The molecule has 0 amide bonds. The molecular weight excluding hydrogens is 262 g/mol. The highest BCUT2D eigenvalue weighted by molar-refractivity contribution is 6.30. The minimum absolute atomic E-state index is 0.161. The van der Waals surface area contributed by atoms with Crippen LogP contribution in [0.3, 0.4) is 0 Å². The summed E-state index contributed by atoms with van der Waals surface area (Å²) in [6.07, 6.45) is 0.678. The molecule has 1 aromatic rings. The lowest BCUT2D eigenvalue weighted by molar-refractivity contribution is -0.00541. The lowest BCUT2D eigenvalue weighted by atomic mass is 10.1. The largest absolute Gasteiger partial charge is 0.389 e. The molecule has 1 N–H and O–H groups in total. The Hall–Kier alpha value is -0.610. The van der Waals surface area contributed by atoms with Gasteiger partial charge in [-0.2, -0.15) is 0 Å². The summed E-state index contributed by atoms with van der Waals surface area (Å²) in [6.45, 7) is 5.86. The van der Waals surface area contributed by atoms with Crippen LogP contribution in [0.5, 0.6) is 0 Å². The van der Waals surface area contributed by atoms with Gasteiger partial charge < -0.3 is 14.7 Å². The Kier molecular flexibility index (Phi) is 7.39. The number of aliphatic hydroxyl groups is 1. The molecule has 19 heavy (non-hydrogen) atoms. The third-order valence-electron chi connectivity index (χ3n) is 2.84. The Labute approximate surface area is 121 Å². The number of ether oxygens (including phenoxy) is 1. The first-order valence-electron chi connectivity index (χ1n) is 6.70. The molecule has 3 nitrogen and oxygen atoms in total. The van der Waals surface area contributed by atoms with Crippen molar-refractivity contribution in [2.24, 2.45) is 0 Å². The van der Waals surface area contributed by atoms with Crippen LogP contribution in [-0.4, -0.2) is 49.0 Å². The van der Waals surface area contributed by atoms with Gasteiger partial charge in [0.05, 0.1) is 18.8 Å². The molecule has 0 bridgehead atoms. The lowest BCUT2D eigenvalue weighted by Gasteiger charge is -2.21. The molecule has 0 spiro atoms. The molecule has 0 fully saturated rings. The van der Waals surface area contributed by atoms with Gasteiger partial charge in [-0.3, -0.25) is 0 Å². The van der Waals surface area contributed by atoms with Gasteiger partial charge in [-0.15, -0.1) is 0 Å². The summed E-state index contributed by atoms with van der Waals surface area (Å²) < 4.78 is 5.39. The molecule has 0 aliphatic carbocycles. The molecule has 0 saturated carbocycles. The monoisotopic (exact) mass is 285 g/mol. The number of hydrogen-bond acceptors (Lipinski definition) is 3. The molecule has 0 aliphatic heterocycles. The zero-order chi connectivity index (χ0) is 14.3. The Morgan fingerprint density at radius 2 is 1.89 bits per heavy atom. The molecule has 0 saturated heterocycles. The molecular formula is C15H24ClNO2. The second-order valence-electron chi connectivity index (χ2n) is 5.17. The lowest BCUT2D eigenvalue weighted by Crippen LogP contribution is -2.34. The minimum atomic E-state index is -0.433. The second-order valence-corrected chi connectivity index (χ2v) is 5.61. The average Bonchev–Trinajstić information content (AvgIpc) is 2.36. The smallest absolute Gasteiger partial charge is 0.0900 e. The van der Waals surface area contributed by atoms with Gasteiger partial charge in [-0.05, 0) is 45.0 Å². The molecule has 0 heterocycles. The standard InChI is InChI=1S/C15H24ClNO2/c1-12(2)19-11-15(18)10-17(3)9-8-13-4-6-14(16)7-5-13/h4-7,12,15,18H,8-11H2,1-3H3. The molecule has 108 valence electrons. The number of aliphatic hydroxyl groups excluding tert-OH is 1. The highest BCUT2D eigenvalue weighted by Gasteiger charge is 2.09. The van der Waals surface area contributed by atoms with Crippen LogP contribution in [-0.2, 0) is 11.2 Å². The Morgan fingerprint density at radius 1 is 1.26 bits per heavy atom. The second kappa shape index (κ2) is 8.54. The maximum Gasteiger partial charge on any atom is 0.0900 e. The van der Waals surface area contributed by atoms with E-state index >= 15 is 0 Å². The first-order chi connectivity index (χ1) is 8.97. The summed E-state index contributed by atoms with van der Waals surface area (Å²) in [5.41, 5.74) is 1.25. The van der Waals surface area contributed by atoms with Gasteiger partial charge in [0.2, 0.25) is 0 Å². The van der Waals surface area contributed by atoms with Crippen molar-refractivity contribution < 1.29 is 9.84 Å². The summed E-state index contributed by atoms with van der Waals surface area (Å²) in [7, 11) is 2.01. The maximum absolute atomic E-state index is 9.82. The van der Waals surface area contributed by atoms with E-state index in [0.29, 0.717) is 13.2 Å². The molecule has 1 aromatic carbocycles. The van der Waals surface area contributed by atoms with Crippen molar-refractivity contribution in [3.8, 4) is 0 Å². The summed E-state index contributed by atoms with van der Waals surface area (Å²) in [6, 6.07) is 7.88. The van der Waals surface area contributed by atoms with Crippen molar-refractivity contribution >= 4 is 11.6 Å². The van der Waals surface area contributed by atoms with Crippen molar-refractivity contribution in [2.45, 2.75) is 32.5 Å². The average molecular weight is 286 g/mol. The number of rotatable bonds is 8. The van der Waals surface area contributed by atoms with E-state index in [4.69, 9.17) is 16.3 Å². The van der Waals surface area contributed by atoms with Crippen molar-refractivity contribution in [3.63, 3.8) is 0 Å². The van der Waals surface area contributed by atoms with E-state index in [0.717, 1.165) is 18.0 Å². The number of benzene rings is 1. The van der Waals surface area contributed by atoms with E-state index in [1.165, 1.54) is 5.56 Å². The third kappa shape index (κ3) is 7.53. The molecule has 0 aromatic heterocycles. The molecule has 0 aliphatic rings. The number of hydrogen-bond donors (Lipinski definition) is 1. The van der Waals surface area contributed by atoms with Crippen LogP contribution in [0.25, 0.3) is 0 Å². The van der Waals surface area contributed by atoms with Crippen LogP contribution < -0.4 is 0 Å². The first kappa shape index (κ1) is 16.4. The zero-order valence-electron chi connectivity index (χ0n) is 12.0. The number of halogens is 1. The fourth-order valence-corrected chi connectivity index (χ4v) is 1.90. The Morgan fingerprint density at radius 3 is 2.47 bits per heavy atom. The van der Waals surface area contributed by atoms with Crippen LogP contribution in [0.1, 0.15) is 19.4 Å². The van der Waals surface area contributed by atoms with Crippen LogP contribution in [0, 0.1) is 0 Å².